The number of hydrogen-bond acceptors (Lipinski definition) is 3. The summed E-state index contributed by atoms with van der Waals surface area (Å²) in [4.78, 5) is 12.1. The molecule has 0 spiro atoms. The van der Waals surface area contributed by atoms with Crippen molar-refractivity contribution < 1.29 is 9.53 Å². The molecule has 0 aromatic rings. The topological polar surface area (TPSA) is 50.4 Å². The third-order valence-corrected chi connectivity index (χ3v) is 4.44. The van der Waals surface area contributed by atoms with Crippen LogP contribution in [0.3, 0.4) is 0 Å². The van der Waals surface area contributed by atoms with Crippen molar-refractivity contribution in [3.8, 4) is 0 Å². The van der Waals surface area contributed by atoms with Crippen molar-refractivity contribution in [2.75, 3.05) is 19.8 Å². The Hall–Kier alpha value is -0.610. The van der Waals surface area contributed by atoms with Crippen LogP contribution in [0.15, 0.2) is 0 Å². The molecular weight excluding hydrogens is 240 g/mol. The Morgan fingerprint density at radius 1 is 1.37 bits per heavy atom. The Balaban J connectivity index is 1.74. The molecule has 2 atom stereocenters. The summed E-state index contributed by atoms with van der Waals surface area (Å²) >= 11 is 0. The number of hydrogen-bond donors (Lipinski definition) is 2. The Bertz CT molecular complexity index is 271. The quantitative estimate of drug-likeness (QED) is 0.800. The van der Waals surface area contributed by atoms with E-state index in [0.717, 1.165) is 19.6 Å². The number of amides is 1. The summed E-state index contributed by atoms with van der Waals surface area (Å²) < 4.78 is 5.39. The Morgan fingerprint density at radius 2 is 2.16 bits per heavy atom. The summed E-state index contributed by atoms with van der Waals surface area (Å²) in [6, 6.07) is 0.565. The molecule has 1 aliphatic heterocycles. The lowest BCUT2D eigenvalue weighted by Crippen LogP contribution is -2.47. The predicted octanol–water partition coefficient (Wildman–Crippen LogP) is 1.84. The molecule has 2 fully saturated rings. The zero-order chi connectivity index (χ0) is 13.5. The third kappa shape index (κ3) is 4.77. The van der Waals surface area contributed by atoms with Crippen molar-refractivity contribution in [1.82, 2.24) is 10.6 Å². The van der Waals surface area contributed by atoms with Gasteiger partial charge in [-0.15, -0.1) is 0 Å². The van der Waals surface area contributed by atoms with Crippen LogP contribution in [-0.2, 0) is 9.53 Å². The lowest BCUT2D eigenvalue weighted by molar-refractivity contribution is -0.123. The molecule has 2 rings (SSSR count). The maximum atomic E-state index is 12.1. The van der Waals surface area contributed by atoms with Gasteiger partial charge in [-0.05, 0) is 25.2 Å². The van der Waals surface area contributed by atoms with Gasteiger partial charge in [0.05, 0.1) is 13.2 Å². The highest BCUT2D eigenvalue weighted by Gasteiger charge is 2.25. The van der Waals surface area contributed by atoms with E-state index in [2.05, 4.69) is 17.6 Å². The molecule has 4 nitrogen and oxygen atoms in total. The van der Waals surface area contributed by atoms with Gasteiger partial charge in [-0.3, -0.25) is 4.79 Å². The number of rotatable bonds is 5. The van der Waals surface area contributed by atoms with Crippen LogP contribution in [0.5, 0.6) is 0 Å². The molecule has 110 valence electrons. The first-order valence-corrected chi connectivity index (χ1v) is 7.90. The number of ether oxygens (including phenoxy) is 1. The van der Waals surface area contributed by atoms with Crippen molar-refractivity contribution in [3.63, 3.8) is 0 Å². The summed E-state index contributed by atoms with van der Waals surface area (Å²) in [6.45, 7) is 4.46. The van der Waals surface area contributed by atoms with Crippen LogP contribution in [0.4, 0.5) is 0 Å². The van der Waals surface area contributed by atoms with E-state index >= 15 is 0 Å². The van der Waals surface area contributed by atoms with E-state index in [1.807, 2.05) is 0 Å². The standard InChI is InChI=1S/C15H28N2O2/c1-2-14(12-6-4-3-5-7-12)17-15(18)10-13-11-19-9-8-16-13/h12-14,16H,2-11H2,1H3,(H,17,18). The fraction of sp³-hybridized carbons (Fsp3) is 0.933. The van der Waals surface area contributed by atoms with Crippen LogP contribution in [0.2, 0.25) is 0 Å². The van der Waals surface area contributed by atoms with Gasteiger partial charge >= 0.3 is 0 Å². The van der Waals surface area contributed by atoms with E-state index in [4.69, 9.17) is 4.74 Å². The molecule has 1 saturated carbocycles. The highest BCUT2D eigenvalue weighted by atomic mass is 16.5. The molecule has 0 bridgehead atoms. The summed E-state index contributed by atoms with van der Waals surface area (Å²) in [6.07, 6.45) is 8.18. The molecule has 0 aromatic carbocycles. The van der Waals surface area contributed by atoms with E-state index < -0.39 is 0 Å². The number of carbonyl (C=O) groups is 1. The van der Waals surface area contributed by atoms with Gasteiger partial charge in [0, 0.05) is 25.0 Å². The second-order valence-corrected chi connectivity index (χ2v) is 5.91. The SMILES string of the molecule is CCC(NC(=O)CC1COCCN1)C1CCCCC1. The molecule has 1 amide bonds. The molecule has 19 heavy (non-hydrogen) atoms. The first-order valence-electron chi connectivity index (χ1n) is 7.90. The summed E-state index contributed by atoms with van der Waals surface area (Å²) in [7, 11) is 0. The van der Waals surface area contributed by atoms with E-state index in [1.165, 1.54) is 32.1 Å². The molecule has 4 heteroatoms. The highest BCUT2D eigenvalue weighted by Crippen LogP contribution is 2.27. The predicted molar refractivity (Wildman–Crippen MR) is 76.0 cm³/mol. The first kappa shape index (κ1) is 14.8. The van der Waals surface area contributed by atoms with Crippen molar-refractivity contribution >= 4 is 5.91 Å². The second-order valence-electron chi connectivity index (χ2n) is 5.91. The van der Waals surface area contributed by atoms with Crippen LogP contribution >= 0.6 is 0 Å². The average molecular weight is 268 g/mol. The molecule has 1 saturated heterocycles. The minimum absolute atomic E-state index is 0.181. The average Bonchev–Trinajstić information content (AvgIpc) is 2.47. The molecule has 0 aromatic heterocycles. The van der Waals surface area contributed by atoms with E-state index in [0.29, 0.717) is 25.0 Å². The van der Waals surface area contributed by atoms with Gasteiger partial charge in [0.1, 0.15) is 0 Å². The zero-order valence-corrected chi connectivity index (χ0v) is 12.1. The van der Waals surface area contributed by atoms with Crippen LogP contribution in [0, 0.1) is 5.92 Å². The van der Waals surface area contributed by atoms with Crippen LogP contribution in [0.25, 0.3) is 0 Å². The molecule has 1 aliphatic carbocycles. The van der Waals surface area contributed by atoms with Crippen LogP contribution < -0.4 is 10.6 Å². The monoisotopic (exact) mass is 268 g/mol. The highest BCUT2D eigenvalue weighted by molar-refractivity contribution is 5.77. The number of carbonyl (C=O) groups excluding carboxylic acids is 1. The summed E-state index contributed by atoms with van der Waals surface area (Å²) in [5, 5.41) is 6.58. The van der Waals surface area contributed by atoms with Gasteiger partial charge in [0.25, 0.3) is 0 Å². The molecule has 0 radical (unpaired) electrons. The van der Waals surface area contributed by atoms with Crippen molar-refractivity contribution in [1.29, 1.82) is 0 Å². The Labute approximate surface area is 116 Å². The van der Waals surface area contributed by atoms with Crippen molar-refractivity contribution in [3.05, 3.63) is 0 Å². The summed E-state index contributed by atoms with van der Waals surface area (Å²) in [5.74, 6) is 0.874. The molecule has 2 aliphatic rings. The van der Waals surface area contributed by atoms with E-state index in [-0.39, 0.29) is 11.9 Å². The van der Waals surface area contributed by atoms with Gasteiger partial charge in [0.15, 0.2) is 0 Å². The Kier molecular flexibility index (Phi) is 6.11. The smallest absolute Gasteiger partial charge is 0.221 e. The third-order valence-electron chi connectivity index (χ3n) is 4.44. The maximum absolute atomic E-state index is 12.1. The van der Waals surface area contributed by atoms with E-state index in [9.17, 15) is 4.79 Å². The number of morpholine rings is 1. The van der Waals surface area contributed by atoms with Crippen molar-refractivity contribution in [2.45, 2.75) is 64.0 Å². The zero-order valence-electron chi connectivity index (χ0n) is 12.1. The van der Waals surface area contributed by atoms with Gasteiger partial charge in [0.2, 0.25) is 5.91 Å². The minimum atomic E-state index is 0.181. The molecule has 1 heterocycles. The van der Waals surface area contributed by atoms with Crippen LogP contribution in [-0.4, -0.2) is 37.7 Å². The largest absolute Gasteiger partial charge is 0.378 e. The molecular formula is C15H28N2O2. The fourth-order valence-electron chi connectivity index (χ4n) is 3.33. The Morgan fingerprint density at radius 3 is 2.79 bits per heavy atom. The second kappa shape index (κ2) is 7.85. The van der Waals surface area contributed by atoms with Crippen LogP contribution in [0.1, 0.15) is 51.9 Å². The fourth-order valence-corrected chi connectivity index (χ4v) is 3.33. The van der Waals surface area contributed by atoms with Gasteiger partial charge in [-0.1, -0.05) is 26.2 Å². The molecule has 2 unspecified atom stereocenters. The summed E-state index contributed by atoms with van der Waals surface area (Å²) in [5.41, 5.74) is 0. The van der Waals surface area contributed by atoms with Gasteiger partial charge < -0.3 is 15.4 Å². The van der Waals surface area contributed by atoms with Gasteiger partial charge in [-0.25, -0.2) is 0 Å². The van der Waals surface area contributed by atoms with Gasteiger partial charge in [-0.2, -0.15) is 0 Å². The van der Waals surface area contributed by atoms with Crippen molar-refractivity contribution in [2.24, 2.45) is 5.92 Å². The minimum Gasteiger partial charge on any atom is -0.378 e. The lowest BCUT2D eigenvalue weighted by atomic mass is 9.83. The normalized spacial score (nSPS) is 26.9. The lowest BCUT2D eigenvalue weighted by Gasteiger charge is -2.31. The van der Waals surface area contributed by atoms with E-state index in [1.54, 1.807) is 0 Å². The molecule has 2 N–H and O–H groups in total. The number of nitrogens with one attached hydrogen (secondary N) is 2. The maximum Gasteiger partial charge on any atom is 0.221 e. The first-order chi connectivity index (χ1) is 9.29.